The molecule has 8 nitrogen and oxygen atoms in total. The normalized spacial score (nSPS) is 11.5. The molecule has 2 aromatic rings. The van der Waals surface area contributed by atoms with Crippen LogP contribution >= 0.6 is 0 Å². The Bertz CT molecular complexity index is 1410. The van der Waals surface area contributed by atoms with Crippen LogP contribution in [0.2, 0.25) is 0 Å². The minimum Gasteiger partial charge on any atom is -0.504 e. The Morgan fingerprint density at radius 3 is 1.67 bits per heavy atom. The SMILES string of the molecule is COc1cc2c3c(c1O)c(=O)c(=O)c1cc(OC)c(OC)c(c1-3)c(=O)c2=O. The van der Waals surface area contributed by atoms with Crippen molar-refractivity contribution in [1.82, 2.24) is 0 Å². The second-order valence-electron chi connectivity index (χ2n) is 5.95. The first-order valence-corrected chi connectivity index (χ1v) is 7.78. The lowest BCUT2D eigenvalue weighted by Crippen LogP contribution is -2.31. The summed E-state index contributed by atoms with van der Waals surface area (Å²) < 4.78 is 15.4. The van der Waals surface area contributed by atoms with Gasteiger partial charge in [-0.05, 0) is 12.1 Å². The number of methoxy groups -OCH3 is 3. The Kier molecular flexibility index (Phi) is 3.36. The number of hydrogen-bond acceptors (Lipinski definition) is 8. The summed E-state index contributed by atoms with van der Waals surface area (Å²) in [6.07, 6.45) is 0. The summed E-state index contributed by atoms with van der Waals surface area (Å²) in [5, 5.41) is 9.67. The van der Waals surface area contributed by atoms with Gasteiger partial charge in [-0.1, -0.05) is 0 Å². The molecule has 0 bridgehead atoms. The van der Waals surface area contributed by atoms with Crippen LogP contribution in [0.25, 0.3) is 32.7 Å². The second-order valence-corrected chi connectivity index (χ2v) is 5.95. The number of rotatable bonds is 3. The van der Waals surface area contributed by atoms with Gasteiger partial charge < -0.3 is 19.3 Å². The molecule has 0 radical (unpaired) electrons. The van der Waals surface area contributed by atoms with Crippen molar-refractivity contribution < 1.29 is 19.3 Å². The summed E-state index contributed by atoms with van der Waals surface area (Å²) in [5.41, 5.74) is -3.66. The van der Waals surface area contributed by atoms with Crippen molar-refractivity contribution in [3.8, 4) is 34.1 Å². The first-order chi connectivity index (χ1) is 12.9. The van der Waals surface area contributed by atoms with E-state index in [-0.39, 0.29) is 49.9 Å². The molecule has 2 aliphatic rings. The van der Waals surface area contributed by atoms with Crippen molar-refractivity contribution in [3.05, 3.63) is 53.0 Å². The highest BCUT2D eigenvalue weighted by Gasteiger charge is 2.31. The molecule has 0 atom stereocenters. The molecule has 0 unspecified atom stereocenters. The van der Waals surface area contributed by atoms with Crippen LogP contribution < -0.4 is 35.9 Å². The molecule has 2 aliphatic carbocycles. The van der Waals surface area contributed by atoms with Gasteiger partial charge in [-0.15, -0.1) is 0 Å². The maximum absolute atomic E-state index is 12.8. The molecule has 4 rings (SSSR count). The number of phenolic OH excluding ortho intramolecular Hbond substituents is 1. The van der Waals surface area contributed by atoms with Crippen LogP contribution in [0.5, 0.6) is 23.0 Å². The van der Waals surface area contributed by atoms with E-state index in [1.54, 1.807) is 0 Å². The maximum Gasteiger partial charge on any atom is 0.238 e. The fourth-order valence-electron chi connectivity index (χ4n) is 3.58. The van der Waals surface area contributed by atoms with Crippen LogP contribution in [0.1, 0.15) is 0 Å². The van der Waals surface area contributed by atoms with Gasteiger partial charge in [0.05, 0.1) is 32.1 Å². The maximum atomic E-state index is 12.8. The zero-order chi connectivity index (χ0) is 19.6. The Hall–Kier alpha value is -3.68. The lowest BCUT2D eigenvalue weighted by atomic mass is 9.85. The van der Waals surface area contributed by atoms with E-state index in [1.807, 2.05) is 0 Å². The predicted octanol–water partition coefficient (Wildman–Crippen LogP) is 0.583. The Balaban J connectivity index is 2.54. The summed E-state index contributed by atoms with van der Waals surface area (Å²) in [6.45, 7) is 0. The minimum atomic E-state index is -1.00. The van der Waals surface area contributed by atoms with E-state index in [4.69, 9.17) is 14.2 Å². The molecular formula is C19H12O8. The molecule has 0 saturated heterocycles. The molecule has 0 amide bonds. The highest BCUT2D eigenvalue weighted by molar-refractivity contribution is 6.15. The van der Waals surface area contributed by atoms with E-state index in [9.17, 15) is 24.3 Å². The fourth-order valence-corrected chi connectivity index (χ4v) is 3.58. The highest BCUT2D eigenvalue weighted by Crippen LogP contribution is 2.46. The van der Waals surface area contributed by atoms with Gasteiger partial charge in [-0.2, -0.15) is 0 Å². The zero-order valence-corrected chi connectivity index (χ0v) is 14.5. The molecular weight excluding hydrogens is 356 g/mol. The monoisotopic (exact) mass is 368 g/mol. The van der Waals surface area contributed by atoms with Crippen LogP contribution in [0.3, 0.4) is 0 Å². The number of ether oxygens (including phenoxy) is 3. The van der Waals surface area contributed by atoms with Crippen LogP contribution in [0, 0.1) is 0 Å². The second kappa shape index (κ2) is 5.41. The van der Waals surface area contributed by atoms with E-state index in [0.29, 0.717) is 0 Å². The third-order valence-electron chi connectivity index (χ3n) is 4.76. The fraction of sp³-hybridized carbons (Fsp3) is 0.158. The molecule has 0 aromatic heterocycles. The summed E-state index contributed by atoms with van der Waals surface area (Å²) in [4.78, 5) is 50.9. The van der Waals surface area contributed by atoms with Gasteiger partial charge in [0.1, 0.15) is 0 Å². The standard InChI is InChI=1S/C19H12O8/c1-25-8-4-6-10-11-7(14(20)17(23)12(10)16(8)22)5-9(26-2)19(27-3)13(11)18(24)15(6)21/h4-5,22H,1-3H3. The van der Waals surface area contributed by atoms with Gasteiger partial charge in [0.15, 0.2) is 23.0 Å². The van der Waals surface area contributed by atoms with Crippen molar-refractivity contribution in [2.45, 2.75) is 0 Å². The molecule has 0 aliphatic heterocycles. The molecule has 0 saturated carbocycles. The van der Waals surface area contributed by atoms with Crippen molar-refractivity contribution >= 4 is 21.5 Å². The molecule has 0 spiro atoms. The zero-order valence-electron chi connectivity index (χ0n) is 14.5. The third kappa shape index (κ3) is 1.86. The van der Waals surface area contributed by atoms with Gasteiger partial charge in [-0.25, -0.2) is 0 Å². The van der Waals surface area contributed by atoms with E-state index >= 15 is 0 Å². The lowest BCUT2D eigenvalue weighted by molar-refractivity contribution is 0.358. The average molecular weight is 368 g/mol. The number of aromatic hydroxyl groups is 1. The van der Waals surface area contributed by atoms with Crippen LogP contribution in [0.4, 0.5) is 0 Å². The molecule has 1 N–H and O–H groups in total. The summed E-state index contributed by atoms with van der Waals surface area (Å²) >= 11 is 0. The van der Waals surface area contributed by atoms with Crippen molar-refractivity contribution in [3.63, 3.8) is 0 Å². The number of hydrogen-bond donors (Lipinski definition) is 1. The smallest absolute Gasteiger partial charge is 0.238 e. The molecule has 8 heteroatoms. The first kappa shape index (κ1) is 16.8. The van der Waals surface area contributed by atoms with E-state index in [0.717, 1.165) is 0 Å². The largest absolute Gasteiger partial charge is 0.504 e. The summed E-state index contributed by atoms with van der Waals surface area (Å²) in [6, 6.07) is 2.47. The molecule has 0 heterocycles. The summed E-state index contributed by atoms with van der Waals surface area (Å²) in [5.74, 6) is -0.733. The predicted molar refractivity (Wildman–Crippen MR) is 98.0 cm³/mol. The quantitative estimate of drug-likeness (QED) is 0.412. The molecule has 2 aromatic carbocycles. The Morgan fingerprint density at radius 1 is 0.667 bits per heavy atom. The molecule has 27 heavy (non-hydrogen) atoms. The average Bonchev–Trinajstić information content (AvgIpc) is 2.68. The number of phenols is 1. The van der Waals surface area contributed by atoms with E-state index in [1.165, 1.54) is 33.5 Å². The van der Waals surface area contributed by atoms with Gasteiger partial charge >= 0.3 is 0 Å². The Labute approximate surface area is 150 Å². The topological polar surface area (TPSA) is 116 Å². The molecule has 136 valence electrons. The van der Waals surface area contributed by atoms with Crippen LogP contribution in [0.15, 0.2) is 31.3 Å². The number of benzene rings is 4. The van der Waals surface area contributed by atoms with E-state index < -0.39 is 27.5 Å². The lowest BCUT2D eigenvalue weighted by Gasteiger charge is -2.19. The minimum absolute atomic E-state index is 0.0217. The van der Waals surface area contributed by atoms with Gasteiger partial charge in [0.2, 0.25) is 21.7 Å². The van der Waals surface area contributed by atoms with Crippen molar-refractivity contribution in [2.75, 3.05) is 21.3 Å². The van der Waals surface area contributed by atoms with Gasteiger partial charge in [0.25, 0.3) is 0 Å². The van der Waals surface area contributed by atoms with Gasteiger partial charge in [-0.3, -0.25) is 19.2 Å². The van der Waals surface area contributed by atoms with Gasteiger partial charge in [0, 0.05) is 21.9 Å². The summed E-state index contributed by atoms with van der Waals surface area (Å²) in [7, 11) is 3.82. The van der Waals surface area contributed by atoms with Crippen LogP contribution in [-0.4, -0.2) is 26.4 Å². The highest BCUT2D eigenvalue weighted by atomic mass is 16.5. The Morgan fingerprint density at radius 2 is 1.15 bits per heavy atom. The molecule has 0 fully saturated rings. The van der Waals surface area contributed by atoms with E-state index in [2.05, 4.69) is 0 Å². The van der Waals surface area contributed by atoms with Crippen LogP contribution in [-0.2, 0) is 0 Å². The third-order valence-corrected chi connectivity index (χ3v) is 4.76. The first-order valence-electron chi connectivity index (χ1n) is 7.78. The van der Waals surface area contributed by atoms with Crippen molar-refractivity contribution in [1.29, 1.82) is 0 Å². The van der Waals surface area contributed by atoms with Crippen molar-refractivity contribution in [2.24, 2.45) is 0 Å².